The fourth-order valence-electron chi connectivity index (χ4n) is 2.80. The van der Waals surface area contributed by atoms with Crippen molar-refractivity contribution in [3.8, 4) is 0 Å². The topological polar surface area (TPSA) is 76.7 Å². The van der Waals surface area contributed by atoms with Crippen LogP contribution in [0.3, 0.4) is 0 Å². The number of halogens is 1. The molecule has 0 spiro atoms. The Balaban J connectivity index is 1.77. The van der Waals surface area contributed by atoms with Crippen LogP contribution in [0.1, 0.15) is 40.4 Å². The summed E-state index contributed by atoms with van der Waals surface area (Å²) in [4.78, 5) is 23.6. The molecule has 7 heteroatoms. The average molecular weight is 403 g/mol. The monoisotopic (exact) mass is 402 g/mol. The van der Waals surface area contributed by atoms with Crippen molar-refractivity contribution in [2.24, 2.45) is 0 Å². The number of amides is 2. The van der Waals surface area contributed by atoms with Gasteiger partial charge in [0.25, 0.3) is 5.91 Å². The minimum Gasteiger partial charge on any atom is -0.453 e. The van der Waals surface area contributed by atoms with E-state index in [0.29, 0.717) is 23.2 Å². The van der Waals surface area contributed by atoms with Gasteiger partial charge in [0.15, 0.2) is 0 Å². The summed E-state index contributed by atoms with van der Waals surface area (Å²) in [6, 6.07) is 15.0. The van der Waals surface area contributed by atoms with Gasteiger partial charge in [-0.2, -0.15) is 0 Å². The molecular formula is C21H23ClN2O4. The van der Waals surface area contributed by atoms with Crippen LogP contribution in [0.15, 0.2) is 48.5 Å². The number of hydrogen-bond donors (Lipinski definition) is 2. The van der Waals surface area contributed by atoms with Gasteiger partial charge in [-0.15, -0.1) is 0 Å². The molecular weight excluding hydrogens is 380 g/mol. The second-order valence-electron chi connectivity index (χ2n) is 6.60. The first-order chi connectivity index (χ1) is 13.6. The van der Waals surface area contributed by atoms with E-state index in [4.69, 9.17) is 16.3 Å². The zero-order valence-corrected chi connectivity index (χ0v) is 16.4. The summed E-state index contributed by atoms with van der Waals surface area (Å²) in [7, 11) is 1.31. The molecule has 0 aliphatic heterocycles. The van der Waals surface area contributed by atoms with Crippen molar-refractivity contribution in [3.05, 3.63) is 70.2 Å². The maximum absolute atomic E-state index is 12.4. The van der Waals surface area contributed by atoms with Gasteiger partial charge < -0.3 is 20.1 Å². The van der Waals surface area contributed by atoms with E-state index in [9.17, 15) is 9.59 Å². The minimum atomic E-state index is -0.512. The van der Waals surface area contributed by atoms with E-state index in [1.807, 2.05) is 36.4 Å². The zero-order valence-electron chi connectivity index (χ0n) is 15.6. The first-order valence-corrected chi connectivity index (χ1v) is 9.54. The predicted molar refractivity (Wildman–Crippen MR) is 107 cm³/mol. The lowest BCUT2D eigenvalue weighted by molar-refractivity contribution is 0.0804. The fraction of sp³-hybridized carbons (Fsp3) is 0.333. The maximum Gasteiger partial charge on any atom is 0.406 e. The quantitative estimate of drug-likeness (QED) is 0.660. The van der Waals surface area contributed by atoms with Crippen LogP contribution in [0.5, 0.6) is 0 Å². The molecule has 2 aromatic carbocycles. The van der Waals surface area contributed by atoms with Crippen molar-refractivity contribution in [3.63, 3.8) is 0 Å². The van der Waals surface area contributed by atoms with Crippen LogP contribution in [0.2, 0.25) is 5.02 Å². The molecule has 1 unspecified atom stereocenters. The van der Waals surface area contributed by atoms with E-state index in [1.165, 1.54) is 7.11 Å². The van der Waals surface area contributed by atoms with E-state index in [-0.39, 0.29) is 12.5 Å². The van der Waals surface area contributed by atoms with Gasteiger partial charge in [-0.1, -0.05) is 35.9 Å². The van der Waals surface area contributed by atoms with Crippen molar-refractivity contribution < 1.29 is 19.1 Å². The first-order valence-electron chi connectivity index (χ1n) is 9.16. The van der Waals surface area contributed by atoms with Crippen molar-refractivity contribution in [2.75, 3.05) is 20.3 Å². The highest BCUT2D eigenvalue weighted by Gasteiger charge is 2.24. The second kappa shape index (κ2) is 9.57. The largest absolute Gasteiger partial charge is 0.453 e. The Bertz CT molecular complexity index is 839. The van der Waals surface area contributed by atoms with Gasteiger partial charge in [-0.05, 0) is 48.2 Å². The summed E-state index contributed by atoms with van der Waals surface area (Å²) in [5.41, 5.74) is 2.29. The maximum atomic E-state index is 12.4. The number of hydrogen-bond acceptors (Lipinski definition) is 4. The third kappa shape index (κ3) is 5.71. The normalized spacial score (nSPS) is 14.2. The molecule has 0 saturated heterocycles. The number of benzene rings is 2. The second-order valence-corrected chi connectivity index (χ2v) is 7.03. The third-order valence-corrected chi connectivity index (χ3v) is 4.59. The Morgan fingerprint density at radius 1 is 1.14 bits per heavy atom. The highest BCUT2D eigenvalue weighted by atomic mass is 35.5. The number of alkyl carbamates (subject to hydrolysis) is 1. The van der Waals surface area contributed by atoms with Gasteiger partial charge in [-0.25, -0.2) is 4.79 Å². The predicted octanol–water partition coefficient (Wildman–Crippen LogP) is 3.69. The number of carbonyl (C=O) groups is 2. The Morgan fingerprint density at radius 2 is 1.86 bits per heavy atom. The lowest BCUT2D eigenvalue weighted by atomic mass is 9.99. The van der Waals surface area contributed by atoms with Crippen molar-refractivity contribution >= 4 is 23.6 Å². The van der Waals surface area contributed by atoms with Crippen molar-refractivity contribution in [1.29, 1.82) is 0 Å². The lowest BCUT2D eigenvalue weighted by Crippen LogP contribution is -2.27. The van der Waals surface area contributed by atoms with Crippen LogP contribution in [0, 0.1) is 0 Å². The van der Waals surface area contributed by atoms with Gasteiger partial charge in [0.2, 0.25) is 0 Å². The molecule has 6 nitrogen and oxygen atoms in total. The van der Waals surface area contributed by atoms with Crippen LogP contribution >= 0.6 is 11.6 Å². The summed E-state index contributed by atoms with van der Waals surface area (Å²) in [5.74, 6) is -0.0819. The van der Waals surface area contributed by atoms with Crippen LogP contribution in [0.4, 0.5) is 4.79 Å². The molecule has 0 heterocycles. The van der Waals surface area contributed by atoms with Crippen LogP contribution < -0.4 is 10.6 Å². The molecule has 0 radical (unpaired) electrons. The van der Waals surface area contributed by atoms with E-state index >= 15 is 0 Å². The number of nitrogens with one attached hydrogen (secondary N) is 2. The molecule has 0 aromatic heterocycles. The average Bonchev–Trinajstić information content (AvgIpc) is 3.51. The molecule has 1 aliphatic carbocycles. The lowest BCUT2D eigenvalue weighted by Gasteiger charge is -2.20. The van der Waals surface area contributed by atoms with Gasteiger partial charge >= 0.3 is 6.09 Å². The highest BCUT2D eigenvalue weighted by molar-refractivity contribution is 6.30. The number of ether oxygens (including phenoxy) is 2. The molecule has 3 rings (SSSR count). The van der Waals surface area contributed by atoms with E-state index in [1.54, 1.807) is 12.1 Å². The molecule has 28 heavy (non-hydrogen) atoms. The molecule has 1 saturated carbocycles. The molecule has 2 amide bonds. The van der Waals surface area contributed by atoms with Crippen molar-refractivity contribution in [2.45, 2.75) is 25.0 Å². The minimum absolute atomic E-state index is 0.0819. The third-order valence-electron chi connectivity index (χ3n) is 4.36. The molecule has 148 valence electrons. The van der Waals surface area contributed by atoms with Crippen LogP contribution in [-0.4, -0.2) is 38.3 Å². The van der Waals surface area contributed by atoms with Crippen molar-refractivity contribution in [1.82, 2.24) is 10.6 Å². The summed E-state index contributed by atoms with van der Waals surface area (Å²) in [6.07, 6.45) is 1.13. The Kier molecular flexibility index (Phi) is 6.90. The Morgan fingerprint density at radius 3 is 2.54 bits per heavy atom. The Labute approximate surface area is 169 Å². The molecule has 2 N–H and O–H groups in total. The number of methoxy groups -OCH3 is 1. The standard InChI is InChI=1S/C21H23ClN2O4/c1-27-21(26)23-10-11-28-19(15-5-3-7-17(22)13-15)14-4-2-6-16(12-14)20(25)24-18-8-9-18/h2-7,12-13,18-19H,8-11H2,1H3,(H,23,26)(H,24,25). The summed E-state index contributed by atoms with van der Waals surface area (Å²) >= 11 is 6.15. The molecule has 0 bridgehead atoms. The SMILES string of the molecule is COC(=O)NCCOC(c1cccc(Cl)c1)c1cccc(C(=O)NC2CC2)c1. The number of carbonyl (C=O) groups excluding carboxylic acids is 2. The molecule has 2 aromatic rings. The number of rotatable bonds is 8. The van der Waals surface area contributed by atoms with Gasteiger partial charge in [0.1, 0.15) is 6.10 Å². The van der Waals surface area contributed by atoms with Gasteiger partial charge in [0, 0.05) is 23.2 Å². The van der Waals surface area contributed by atoms with E-state index in [2.05, 4.69) is 15.4 Å². The Hall–Kier alpha value is -2.57. The molecule has 1 atom stereocenters. The molecule has 1 fully saturated rings. The fourth-order valence-corrected chi connectivity index (χ4v) is 2.99. The van der Waals surface area contributed by atoms with Crippen LogP contribution in [-0.2, 0) is 9.47 Å². The van der Waals surface area contributed by atoms with Gasteiger partial charge in [0.05, 0.1) is 13.7 Å². The summed E-state index contributed by atoms with van der Waals surface area (Å²) in [5, 5.41) is 6.18. The summed E-state index contributed by atoms with van der Waals surface area (Å²) < 4.78 is 10.6. The summed E-state index contributed by atoms with van der Waals surface area (Å²) in [6.45, 7) is 0.566. The van der Waals surface area contributed by atoms with E-state index < -0.39 is 12.2 Å². The zero-order chi connectivity index (χ0) is 19.9. The van der Waals surface area contributed by atoms with Crippen LogP contribution in [0.25, 0.3) is 0 Å². The van der Waals surface area contributed by atoms with E-state index in [0.717, 1.165) is 24.0 Å². The highest BCUT2D eigenvalue weighted by Crippen LogP contribution is 2.29. The molecule has 1 aliphatic rings. The smallest absolute Gasteiger partial charge is 0.406 e. The van der Waals surface area contributed by atoms with Gasteiger partial charge in [-0.3, -0.25) is 4.79 Å². The first kappa shape index (κ1) is 20.2.